The number of aromatic nitrogens is 3. The number of likely N-dealkylation sites (tertiary alicyclic amines) is 1. The quantitative estimate of drug-likeness (QED) is 0.558. The summed E-state index contributed by atoms with van der Waals surface area (Å²) in [4.78, 5) is 19.8. The molecule has 1 atom stereocenters. The Bertz CT molecular complexity index is 1220. The molecule has 2 fully saturated rings. The molecule has 0 aliphatic carbocycles. The van der Waals surface area contributed by atoms with Gasteiger partial charge in [0.15, 0.2) is 5.65 Å². The highest BCUT2D eigenvalue weighted by Gasteiger charge is 2.40. The predicted molar refractivity (Wildman–Crippen MR) is 133 cm³/mol. The van der Waals surface area contributed by atoms with Gasteiger partial charge in [0, 0.05) is 48.2 Å². The second kappa shape index (κ2) is 8.85. The van der Waals surface area contributed by atoms with E-state index >= 15 is 0 Å². The highest BCUT2D eigenvalue weighted by molar-refractivity contribution is 5.95. The van der Waals surface area contributed by atoms with E-state index < -0.39 is 0 Å². The van der Waals surface area contributed by atoms with Gasteiger partial charge in [0.2, 0.25) is 5.95 Å². The van der Waals surface area contributed by atoms with Crippen molar-refractivity contribution in [3.05, 3.63) is 59.8 Å². The first-order chi connectivity index (χ1) is 16.7. The number of benzene rings is 1. The van der Waals surface area contributed by atoms with Gasteiger partial charge in [-0.25, -0.2) is 4.52 Å². The number of carbonyl (C=O) groups is 1. The number of rotatable bonds is 4. The van der Waals surface area contributed by atoms with Gasteiger partial charge in [-0.05, 0) is 80.7 Å². The molecule has 34 heavy (non-hydrogen) atoms. The summed E-state index contributed by atoms with van der Waals surface area (Å²) in [6.45, 7) is 4.56. The maximum absolute atomic E-state index is 13.1. The average molecular weight is 458 g/mol. The van der Waals surface area contributed by atoms with E-state index in [1.54, 1.807) is 0 Å². The van der Waals surface area contributed by atoms with Gasteiger partial charge in [-0.3, -0.25) is 4.79 Å². The van der Waals surface area contributed by atoms with Crippen molar-refractivity contribution < 1.29 is 4.79 Å². The van der Waals surface area contributed by atoms with Gasteiger partial charge in [0.25, 0.3) is 5.91 Å². The molecule has 8 heteroatoms. The fourth-order valence-corrected chi connectivity index (χ4v) is 5.51. The van der Waals surface area contributed by atoms with Crippen LogP contribution in [0.3, 0.4) is 0 Å². The first-order valence-electron chi connectivity index (χ1n) is 12.4. The molecule has 176 valence electrons. The molecule has 1 aromatic carbocycles. The highest BCUT2D eigenvalue weighted by atomic mass is 16.2. The third-order valence-electron chi connectivity index (χ3n) is 7.38. The summed E-state index contributed by atoms with van der Waals surface area (Å²) in [6, 6.07) is 11.8. The lowest BCUT2D eigenvalue weighted by Gasteiger charge is -2.34. The Morgan fingerprint density at radius 3 is 2.79 bits per heavy atom. The van der Waals surface area contributed by atoms with Gasteiger partial charge in [-0.1, -0.05) is 12.5 Å². The van der Waals surface area contributed by atoms with Crippen LogP contribution in [-0.4, -0.2) is 63.7 Å². The molecule has 2 saturated heterocycles. The first kappa shape index (κ1) is 21.3. The molecule has 2 aromatic heterocycles. The van der Waals surface area contributed by atoms with E-state index in [1.807, 2.05) is 45.9 Å². The Morgan fingerprint density at radius 1 is 1.09 bits per heavy atom. The van der Waals surface area contributed by atoms with Crippen LogP contribution in [0.25, 0.3) is 11.2 Å². The zero-order valence-corrected chi connectivity index (χ0v) is 19.4. The van der Waals surface area contributed by atoms with Gasteiger partial charge in [0.05, 0.1) is 0 Å². The molecule has 0 saturated carbocycles. The van der Waals surface area contributed by atoms with Crippen molar-refractivity contribution in [2.75, 3.05) is 38.0 Å². The lowest BCUT2D eigenvalue weighted by Crippen LogP contribution is -2.50. The van der Waals surface area contributed by atoms with Gasteiger partial charge in [0.1, 0.15) is 0 Å². The summed E-state index contributed by atoms with van der Waals surface area (Å²) in [7, 11) is 0. The van der Waals surface area contributed by atoms with Crippen molar-refractivity contribution in [1.82, 2.24) is 30.1 Å². The predicted octanol–water partition coefficient (Wildman–Crippen LogP) is 3.21. The van der Waals surface area contributed by atoms with Crippen molar-refractivity contribution >= 4 is 28.8 Å². The topological polar surface area (TPSA) is 86.6 Å². The van der Waals surface area contributed by atoms with Gasteiger partial charge in [-0.2, -0.15) is 4.98 Å². The van der Waals surface area contributed by atoms with Gasteiger partial charge < -0.3 is 20.9 Å². The zero-order chi connectivity index (χ0) is 23.0. The number of fused-ring (bicyclic) bond motifs is 1. The molecular weight excluding hydrogens is 426 g/mol. The number of amides is 1. The van der Waals surface area contributed by atoms with Gasteiger partial charge in [-0.15, -0.1) is 5.10 Å². The lowest BCUT2D eigenvalue weighted by molar-refractivity contribution is 0.0775. The second-order valence-electron chi connectivity index (χ2n) is 9.65. The summed E-state index contributed by atoms with van der Waals surface area (Å²) < 4.78 is 1.82. The summed E-state index contributed by atoms with van der Waals surface area (Å²) in [6.07, 6.45) is 9.84. The molecular formula is C26H31N7O. The Labute approximate surface area is 199 Å². The number of hydrogen-bond donors (Lipinski definition) is 3. The normalized spacial score (nSPS) is 22.8. The summed E-state index contributed by atoms with van der Waals surface area (Å²) in [5, 5.41) is 14.9. The van der Waals surface area contributed by atoms with E-state index in [2.05, 4.69) is 33.2 Å². The lowest BCUT2D eigenvalue weighted by atomic mass is 9.88. The third kappa shape index (κ3) is 4.08. The van der Waals surface area contributed by atoms with Crippen LogP contribution >= 0.6 is 0 Å². The number of piperidine rings is 1. The molecule has 1 unspecified atom stereocenters. The monoisotopic (exact) mass is 457 g/mol. The molecule has 1 amide bonds. The smallest absolute Gasteiger partial charge is 0.253 e. The number of carbonyl (C=O) groups excluding carboxylic acids is 1. The molecule has 5 heterocycles. The Kier molecular flexibility index (Phi) is 5.55. The Hall–Kier alpha value is -3.23. The van der Waals surface area contributed by atoms with E-state index in [9.17, 15) is 4.79 Å². The van der Waals surface area contributed by atoms with Crippen molar-refractivity contribution in [2.24, 2.45) is 0 Å². The number of anilines is 2. The molecule has 8 nitrogen and oxygen atoms in total. The van der Waals surface area contributed by atoms with Crippen LogP contribution in [0, 0.1) is 0 Å². The van der Waals surface area contributed by atoms with Crippen LogP contribution in [-0.2, 0) is 0 Å². The van der Waals surface area contributed by atoms with Gasteiger partial charge >= 0.3 is 0 Å². The fourth-order valence-electron chi connectivity index (χ4n) is 5.51. The van der Waals surface area contributed by atoms with E-state index in [0.29, 0.717) is 5.95 Å². The number of nitrogens with zero attached hydrogens (tertiary/aromatic N) is 4. The first-order valence-corrected chi connectivity index (χ1v) is 12.4. The largest absolute Gasteiger partial charge is 0.337 e. The maximum atomic E-state index is 13.1. The minimum atomic E-state index is 0.113. The van der Waals surface area contributed by atoms with Crippen molar-refractivity contribution in [1.29, 1.82) is 0 Å². The van der Waals surface area contributed by atoms with E-state index in [1.165, 1.54) is 24.8 Å². The second-order valence-corrected chi connectivity index (χ2v) is 9.65. The van der Waals surface area contributed by atoms with Crippen LogP contribution in [0.1, 0.15) is 48.0 Å². The van der Waals surface area contributed by atoms with Crippen molar-refractivity contribution in [3.8, 4) is 0 Å². The molecule has 3 aliphatic heterocycles. The molecule has 3 N–H and O–H groups in total. The van der Waals surface area contributed by atoms with Crippen molar-refractivity contribution in [3.63, 3.8) is 0 Å². The number of hydrogen-bond acceptors (Lipinski definition) is 6. The molecule has 6 rings (SSSR count). The molecule has 3 aliphatic rings. The zero-order valence-electron chi connectivity index (χ0n) is 19.4. The summed E-state index contributed by atoms with van der Waals surface area (Å²) >= 11 is 0. The van der Waals surface area contributed by atoms with E-state index in [0.717, 1.165) is 68.0 Å². The standard InChI is InChI=1S/C26H31N7O/c34-24(32-17-12-26(18-32)11-1-2-13-28-26)20-5-7-21(8-6-20)29-25-30-23-22(4-3-16-33(23)31-25)19-9-14-27-15-10-19/h3-9,16,27-28H,1-2,10-15,17-18H2,(H,29,31). The molecule has 0 bridgehead atoms. The van der Waals surface area contributed by atoms with Crippen LogP contribution in [0.2, 0.25) is 0 Å². The minimum absolute atomic E-state index is 0.113. The van der Waals surface area contributed by atoms with E-state index in [-0.39, 0.29) is 11.4 Å². The molecule has 0 radical (unpaired) electrons. The van der Waals surface area contributed by atoms with Crippen LogP contribution in [0.4, 0.5) is 11.6 Å². The molecule has 3 aromatic rings. The third-order valence-corrected chi connectivity index (χ3v) is 7.38. The van der Waals surface area contributed by atoms with E-state index in [4.69, 9.17) is 4.98 Å². The highest BCUT2D eigenvalue weighted by Crippen LogP contribution is 2.31. The average Bonchev–Trinajstić information content (AvgIpc) is 3.49. The van der Waals surface area contributed by atoms with Crippen LogP contribution in [0.5, 0.6) is 0 Å². The SMILES string of the molecule is O=C(c1ccc(Nc2nc3c(C4=CCNCC4)cccn3n2)cc1)N1CCC2(CCCCN2)C1. The number of pyridine rings is 1. The minimum Gasteiger partial charge on any atom is -0.337 e. The Morgan fingerprint density at radius 2 is 2.00 bits per heavy atom. The van der Waals surface area contributed by atoms with Crippen molar-refractivity contribution in [2.45, 2.75) is 37.6 Å². The maximum Gasteiger partial charge on any atom is 0.253 e. The van der Waals surface area contributed by atoms with Crippen LogP contribution < -0.4 is 16.0 Å². The summed E-state index contributed by atoms with van der Waals surface area (Å²) in [5.74, 6) is 0.660. The van der Waals surface area contributed by atoms with Crippen LogP contribution in [0.15, 0.2) is 48.7 Å². The molecule has 1 spiro atoms. The fraction of sp³-hybridized carbons (Fsp3) is 0.423. The summed E-state index contributed by atoms with van der Waals surface area (Å²) in [5.41, 5.74) is 5.00. The Balaban J connectivity index is 1.16. The number of nitrogens with one attached hydrogen (secondary N) is 3.